The van der Waals surface area contributed by atoms with Gasteiger partial charge in [0, 0.05) is 23.9 Å². The molecule has 0 aromatic heterocycles. The van der Waals surface area contributed by atoms with Crippen LogP contribution in [0.4, 0.5) is 0 Å². The molecule has 3 heterocycles. The van der Waals surface area contributed by atoms with Crippen LogP contribution in [0.2, 0.25) is 0 Å². The first-order valence-electron chi connectivity index (χ1n) is 29.3. The van der Waals surface area contributed by atoms with Crippen molar-refractivity contribution >= 4 is 0 Å². The Bertz CT molecular complexity index is 1950. The molecule has 3 saturated heterocycles. The van der Waals surface area contributed by atoms with Gasteiger partial charge in [0.25, 0.3) is 0 Å². The van der Waals surface area contributed by atoms with E-state index in [4.69, 9.17) is 33.2 Å². The van der Waals surface area contributed by atoms with E-state index in [2.05, 4.69) is 47.6 Å². The van der Waals surface area contributed by atoms with Crippen molar-refractivity contribution in [1.29, 1.82) is 0 Å². The molecule has 460 valence electrons. The van der Waals surface area contributed by atoms with Crippen molar-refractivity contribution in [2.75, 3.05) is 26.4 Å². The highest BCUT2D eigenvalue weighted by atomic mass is 16.8. The van der Waals surface area contributed by atoms with Gasteiger partial charge in [0.1, 0.15) is 67.1 Å². The molecular formula is C57H100O22. The van der Waals surface area contributed by atoms with Crippen LogP contribution in [-0.2, 0) is 33.2 Å². The molecule has 0 aromatic rings. The van der Waals surface area contributed by atoms with Gasteiger partial charge in [-0.15, -0.1) is 0 Å². The first kappa shape index (κ1) is 65.4. The molecule has 0 bridgehead atoms. The van der Waals surface area contributed by atoms with Gasteiger partial charge in [-0.3, -0.25) is 0 Å². The lowest BCUT2D eigenvalue weighted by Crippen LogP contribution is -2.63. The van der Waals surface area contributed by atoms with Gasteiger partial charge in [-0.05, 0) is 119 Å². The van der Waals surface area contributed by atoms with Crippen LogP contribution in [0.1, 0.15) is 133 Å². The molecule has 22 heteroatoms. The van der Waals surface area contributed by atoms with Crippen molar-refractivity contribution in [3.63, 3.8) is 0 Å². The highest BCUT2D eigenvalue weighted by molar-refractivity contribution is 5.23. The number of rotatable bonds is 20. The first-order chi connectivity index (χ1) is 37.0. The molecule has 0 aromatic carbocycles. The Balaban J connectivity index is 1.03. The molecule has 3 aliphatic heterocycles. The van der Waals surface area contributed by atoms with Crippen molar-refractivity contribution in [2.45, 2.75) is 267 Å². The summed E-state index contributed by atoms with van der Waals surface area (Å²) in [5, 5.41) is 161. The maximum Gasteiger partial charge on any atom is 0.187 e. The van der Waals surface area contributed by atoms with Crippen LogP contribution in [0, 0.1) is 51.8 Å². The second-order valence-electron chi connectivity index (χ2n) is 26.4. The quantitative estimate of drug-likeness (QED) is 0.0683. The van der Waals surface area contributed by atoms with Crippen LogP contribution in [0.15, 0.2) is 11.6 Å². The van der Waals surface area contributed by atoms with E-state index in [0.717, 1.165) is 32.1 Å². The third-order valence-corrected chi connectivity index (χ3v) is 20.9. The SMILES string of the molecule is CCC1CC[C@H](O[C@@H]2C[C@H](CO)[C@@H](O[C@@H]3O[C@H](CO)[C@@H](O)[C@H](O)[C@H]3O)[C@H](O)[C@H]2O)C(C)(C)/C1=C/CC1C[C@H](O)C[C@]2(C)C([C@H](C)CC[C@@H](O[C@@H]3O[C@H](CO)[C@@H](C)[C@H](O)[C@H]3O[C@@H]3O[C@H](CO)[C@@H](O)[C@H](O)[C@H]3O)C(C)(C)O)CC[C@@]12C. The summed E-state index contributed by atoms with van der Waals surface area (Å²) >= 11 is 0. The Kier molecular flexibility index (Phi) is 21.7. The van der Waals surface area contributed by atoms with Gasteiger partial charge in [-0.1, -0.05) is 60.1 Å². The van der Waals surface area contributed by atoms with Gasteiger partial charge in [-0.2, -0.15) is 0 Å². The molecule has 7 aliphatic rings. The largest absolute Gasteiger partial charge is 0.396 e. The normalized spacial score (nSPS) is 49.1. The average molecular weight is 1140 g/mol. The summed E-state index contributed by atoms with van der Waals surface area (Å²) in [5.74, 6) is -0.791. The van der Waals surface area contributed by atoms with Gasteiger partial charge in [0.2, 0.25) is 0 Å². The summed E-state index contributed by atoms with van der Waals surface area (Å²) in [5.41, 5.74) is -1.15. The minimum Gasteiger partial charge on any atom is -0.396 e. The predicted octanol–water partition coefficient (Wildman–Crippen LogP) is -0.513. The topological polar surface area (TPSA) is 368 Å². The van der Waals surface area contributed by atoms with Crippen molar-refractivity contribution in [1.82, 2.24) is 0 Å². The number of ether oxygens (including phenoxy) is 7. The fourth-order valence-corrected chi connectivity index (χ4v) is 15.4. The van der Waals surface area contributed by atoms with Gasteiger partial charge in [0.15, 0.2) is 18.9 Å². The lowest BCUT2D eigenvalue weighted by atomic mass is 9.50. The smallest absolute Gasteiger partial charge is 0.187 e. The molecule has 15 N–H and O–H groups in total. The second-order valence-corrected chi connectivity index (χ2v) is 26.4. The first-order valence-corrected chi connectivity index (χ1v) is 29.3. The van der Waals surface area contributed by atoms with E-state index < -0.39 is 172 Å². The Labute approximate surface area is 465 Å². The molecule has 7 fully saturated rings. The van der Waals surface area contributed by atoms with Crippen molar-refractivity contribution < 1.29 is 110 Å². The average Bonchev–Trinajstić information content (AvgIpc) is 3.38. The van der Waals surface area contributed by atoms with E-state index >= 15 is 0 Å². The van der Waals surface area contributed by atoms with Crippen LogP contribution >= 0.6 is 0 Å². The lowest BCUT2D eigenvalue weighted by molar-refractivity contribution is -0.371. The minimum absolute atomic E-state index is 0.0922. The summed E-state index contributed by atoms with van der Waals surface area (Å²) < 4.78 is 42.6. The molecule has 79 heavy (non-hydrogen) atoms. The summed E-state index contributed by atoms with van der Waals surface area (Å²) in [7, 11) is 0. The molecule has 0 radical (unpaired) electrons. The fraction of sp³-hybridized carbons (Fsp3) is 0.965. The number of hydrogen-bond acceptors (Lipinski definition) is 22. The monoisotopic (exact) mass is 1140 g/mol. The maximum absolute atomic E-state index is 11.8. The van der Waals surface area contributed by atoms with E-state index in [-0.39, 0.29) is 47.0 Å². The second kappa shape index (κ2) is 26.2. The summed E-state index contributed by atoms with van der Waals surface area (Å²) in [6, 6.07) is 0. The van der Waals surface area contributed by atoms with Crippen molar-refractivity contribution in [3.8, 4) is 0 Å². The van der Waals surface area contributed by atoms with Gasteiger partial charge < -0.3 is 110 Å². The summed E-state index contributed by atoms with van der Waals surface area (Å²) in [6.45, 7) is 15.9. The molecule has 29 atom stereocenters. The molecule has 4 aliphatic carbocycles. The lowest BCUT2D eigenvalue weighted by Gasteiger charge is -2.56. The standard InChI is InChI=1S/C57H100O22/c1-10-28-12-16-38(73-34-19-29(22-58)49(46(69)41(34)64)78-51-47(70)44(67)42(65)36(24-60)75-51)54(4,5)33(28)14-13-30-20-31(62)21-57(9)32(17-18-56(30,57)8)26(2)11-15-39(55(6,7)72)77-53-50(40(63)27(3)35(23-59)74-53)79-52-48(71)45(68)43(66)37(25-61)76-52/h14,26-32,34-53,58-72H,10-13,15-25H2,1-9H3/b33-14+/t26-,27-,28?,29-,30?,31+,32?,34-,35-,36-,37-,38+,39-,40+,41+,42-,43-,44+,45+,46-,47-,48-,49-,50-,51+,52+,53+,56+,57-/m1/s1. The molecular weight excluding hydrogens is 1040 g/mol. The molecule has 0 amide bonds. The van der Waals surface area contributed by atoms with E-state index in [9.17, 15) is 76.6 Å². The molecule has 3 unspecified atom stereocenters. The van der Waals surface area contributed by atoms with E-state index in [1.54, 1.807) is 20.8 Å². The molecule has 0 spiro atoms. The van der Waals surface area contributed by atoms with Crippen LogP contribution in [0.3, 0.4) is 0 Å². The zero-order valence-corrected chi connectivity index (χ0v) is 47.8. The highest BCUT2D eigenvalue weighted by Gasteiger charge is 2.62. The van der Waals surface area contributed by atoms with Crippen LogP contribution < -0.4 is 0 Å². The van der Waals surface area contributed by atoms with Crippen LogP contribution in [0.5, 0.6) is 0 Å². The minimum atomic E-state index is -1.77. The molecule has 7 rings (SSSR count). The summed E-state index contributed by atoms with van der Waals surface area (Å²) in [6.07, 6.45) is -18.2. The zero-order chi connectivity index (χ0) is 58.4. The van der Waals surface area contributed by atoms with Gasteiger partial charge in [-0.25, -0.2) is 0 Å². The number of aliphatic hydroxyl groups excluding tert-OH is 14. The summed E-state index contributed by atoms with van der Waals surface area (Å²) in [4.78, 5) is 0. The number of fused-ring (bicyclic) bond motifs is 1. The fourth-order valence-electron chi connectivity index (χ4n) is 15.4. The zero-order valence-electron chi connectivity index (χ0n) is 47.8. The predicted molar refractivity (Wildman–Crippen MR) is 281 cm³/mol. The number of aliphatic hydroxyl groups is 15. The Morgan fingerprint density at radius 2 is 1.20 bits per heavy atom. The van der Waals surface area contributed by atoms with Crippen molar-refractivity contribution in [2.24, 2.45) is 51.8 Å². The third kappa shape index (κ3) is 13.0. The molecule has 22 nitrogen and oxygen atoms in total. The Morgan fingerprint density at radius 3 is 1.75 bits per heavy atom. The highest BCUT2D eigenvalue weighted by Crippen LogP contribution is 2.68. The van der Waals surface area contributed by atoms with Crippen LogP contribution in [-0.4, -0.2) is 237 Å². The third-order valence-electron chi connectivity index (χ3n) is 20.9. The van der Waals surface area contributed by atoms with E-state index in [1.165, 1.54) is 5.57 Å². The number of hydrogen-bond donors (Lipinski definition) is 15. The van der Waals surface area contributed by atoms with Gasteiger partial charge in [0.05, 0.1) is 68.1 Å². The van der Waals surface area contributed by atoms with E-state index in [0.29, 0.717) is 32.1 Å². The maximum atomic E-state index is 11.8. The Hall–Kier alpha value is -1.14. The van der Waals surface area contributed by atoms with E-state index in [1.807, 2.05) is 0 Å². The van der Waals surface area contributed by atoms with Crippen molar-refractivity contribution in [3.05, 3.63) is 11.6 Å². The Morgan fingerprint density at radius 1 is 0.633 bits per heavy atom. The van der Waals surface area contributed by atoms with Gasteiger partial charge >= 0.3 is 0 Å². The molecule has 4 saturated carbocycles. The number of allylic oxidation sites excluding steroid dienone is 1. The van der Waals surface area contributed by atoms with Crippen LogP contribution in [0.25, 0.3) is 0 Å².